The number of halogens is 1. The summed E-state index contributed by atoms with van der Waals surface area (Å²) in [5.41, 5.74) is 0. The molecule has 0 fully saturated rings. The molecule has 0 saturated carbocycles. The maximum absolute atomic E-state index is 10.0. The zero-order chi connectivity index (χ0) is 20.2. The van der Waals surface area contributed by atoms with Crippen molar-refractivity contribution < 1.29 is 10.2 Å². The van der Waals surface area contributed by atoms with Crippen LogP contribution in [0.3, 0.4) is 0 Å². The van der Waals surface area contributed by atoms with Crippen LogP contribution in [0.4, 0.5) is 0 Å². The highest BCUT2D eigenvalue weighted by Crippen LogP contribution is 2.26. The van der Waals surface area contributed by atoms with Crippen LogP contribution in [0.5, 0.6) is 0 Å². The number of aliphatic hydroxyl groups is 2. The molecule has 0 aromatic carbocycles. The van der Waals surface area contributed by atoms with Crippen molar-refractivity contribution in [1.82, 2.24) is 0 Å². The molecule has 0 rings (SSSR count). The van der Waals surface area contributed by atoms with Crippen molar-refractivity contribution in [2.24, 2.45) is 0 Å². The van der Waals surface area contributed by atoms with Crippen LogP contribution in [-0.2, 0) is 0 Å². The Bertz CT molecular complexity index is 294. The second kappa shape index (κ2) is 19.7. The normalized spacial score (nSPS) is 13.2. The Balaban J connectivity index is 3.27. The van der Waals surface area contributed by atoms with Gasteiger partial charge in [0.15, 0.2) is 5.79 Å². The first-order chi connectivity index (χ1) is 13.0. The van der Waals surface area contributed by atoms with Gasteiger partial charge in [-0.2, -0.15) is 0 Å². The highest BCUT2D eigenvalue weighted by molar-refractivity contribution is 9.09. The van der Waals surface area contributed by atoms with Gasteiger partial charge in [-0.15, -0.1) is 0 Å². The van der Waals surface area contributed by atoms with Gasteiger partial charge in [0.05, 0.1) is 4.83 Å². The Labute approximate surface area is 179 Å². The average Bonchev–Trinajstić information content (AvgIpc) is 2.65. The first-order valence-corrected chi connectivity index (χ1v) is 13.0. The first-order valence-electron chi connectivity index (χ1n) is 12.1. The van der Waals surface area contributed by atoms with Crippen LogP contribution in [0.15, 0.2) is 0 Å². The van der Waals surface area contributed by atoms with Crippen molar-refractivity contribution in [2.75, 3.05) is 0 Å². The standard InChI is InChI=1S/C24H49BrO2/c1-3-5-7-8-9-10-11-12-13-14-15-16-17-18-19-20-21-23(25)24(26,27)22-6-4-2/h23,26-27H,3-22H2,1-2H3. The number of alkyl halides is 1. The average molecular weight is 450 g/mol. The summed E-state index contributed by atoms with van der Waals surface area (Å²) >= 11 is 3.47. The van der Waals surface area contributed by atoms with Crippen LogP contribution in [-0.4, -0.2) is 20.8 Å². The predicted molar refractivity (Wildman–Crippen MR) is 124 cm³/mol. The molecule has 27 heavy (non-hydrogen) atoms. The van der Waals surface area contributed by atoms with Crippen LogP contribution in [0.2, 0.25) is 0 Å². The Morgan fingerprint density at radius 2 is 0.889 bits per heavy atom. The molecule has 1 unspecified atom stereocenters. The van der Waals surface area contributed by atoms with Gasteiger partial charge in [-0.25, -0.2) is 0 Å². The lowest BCUT2D eigenvalue weighted by molar-refractivity contribution is -0.165. The minimum Gasteiger partial charge on any atom is -0.365 e. The van der Waals surface area contributed by atoms with E-state index in [9.17, 15) is 10.2 Å². The summed E-state index contributed by atoms with van der Waals surface area (Å²) in [6, 6.07) is 0. The van der Waals surface area contributed by atoms with Crippen molar-refractivity contribution in [3.8, 4) is 0 Å². The second-order valence-corrected chi connectivity index (χ2v) is 9.65. The third-order valence-corrected chi connectivity index (χ3v) is 6.90. The minimum absolute atomic E-state index is 0.191. The summed E-state index contributed by atoms with van der Waals surface area (Å²) < 4.78 is 0. The number of rotatable bonds is 21. The van der Waals surface area contributed by atoms with E-state index in [4.69, 9.17) is 0 Å². The van der Waals surface area contributed by atoms with Crippen LogP contribution in [0.1, 0.15) is 142 Å². The van der Waals surface area contributed by atoms with Crippen LogP contribution in [0, 0.1) is 0 Å². The van der Waals surface area contributed by atoms with Gasteiger partial charge in [0.2, 0.25) is 0 Å². The number of hydrogen-bond donors (Lipinski definition) is 2. The Morgan fingerprint density at radius 1 is 0.556 bits per heavy atom. The van der Waals surface area contributed by atoms with Crippen molar-refractivity contribution in [2.45, 2.75) is 153 Å². The largest absolute Gasteiger partial charge is 0.365 e. The minimum atomic E-state index is -1.54. The molecule has 0 spiro atoms. The molecule has 0 heterocycles. The van der Waals surface area contributed by atoms with Crippen molar-refractivity contribution in [3.05, 3.63) is 0 Å². The number of hydrogen-bond acceptors (Lipinski definition) is 2. The van der Waals surface area contributed by atoms with Gasteiger partial charge in [0.25, 0.3) is 0 Å². The van der Waals surface area contributed by atoms with E-state index < -0.39 is 5.79 Å². The lowest BCUT2D eigenvalue weighted by Crippen LogP contribution is -2.38. The van der Waals surface area contributed by atoms with E-state index in [0.717, 1.165) is 25.7 Å². The summed E-state index contributed by atoms with van der Waals surface area (Å²) in [6.07, 6.45) is 25.1. The fourth-order valence-corrected chi connectivity index (χ4v) is 4.25. The van der Waals surface area contributed by atoms with Gasteiger partial charge in [0.1, 0.15) is 0 Å². The van der Waals surface area contributed by atoms with E-state index in [1.807, 2.05) is 0 Å². The van der Waals surface area contributed by atoms with Crippen LogP contribution >= 0.6 is 15.9 Å². The van der Waals surface area contributed by atoms with E-state index in [-0.39, 0.29) is 4.83 Å². The molecule has 0 aliphatic heterocycles. The summed E-state index contributed by atoms with van der Waals surface area (Å²) in [6.45, 7) is 4.36. The maximum Gasteiger partial charge on any atom is 0.175 e. The lowest BCUT2D eigenvalue weighted by Gasteiger charge is -2.27. The Hall–Kier alpha value is 0.400. The van der Waals surface area contributed by atoms with Crippen LogP contribution < -0.4 is 0 Å². The van der Waals surface area contributed by atoms with Gasteiger partial charge in [-0.05, 0) is 12.8 Å². The van der Waals surface area contributed by atoms with Gasteiger partial charge >= 0.3 is 0 Å². The summed E-state index contributed by atoms with van der Waals surface area (Å²) in [7, 11) is 0. The number of unbranched alkanes of at least 4 members (excludes halogenated alkanes) is 16. The molecule has 164 valence electrons. The van der Waals surface area contributed by atoms with Gasteiger partial charge in [-0.1, -0.05) is 139 Å². The van der Waals surface area contributed by atoms with E-state index in [0.29, 0.717) is 6.42 Å². The van der Waals surface area contributed by atoms with Gasteiger partial charge in [-0.3, -0.25) is 0 Å². The molecule has 0 amide bonds. The summed E-state index contributed by atoms with van der Waals surface area (Å²) in [5, 5.41) is 20.1. The summed E-state index contributed by atoms with van der Waals surface area (Å²) in [4.78, 5) is -0.191. The smallest absolute Gasteiger partial charge is 0.175 e. The molecular formula is C24H49BrO2. The zero-order valence-corrected chi connectivity index (χ0v) is 20.1. The lowest BCUT2D eigenvalue weighted by atomic mass is 10.00. The van der Waals surface area contributed by atoms with E-state index in [1.165, 1.54) is 96.3 Å². The molecule has 0 bridgehead atoms. The molecule has 0 aromatic heterocycles. The summed E-state index contributed by atoms with van der Waals surface area (Å²) in [5.74, 6) is -1.54. The molecule has 0 saturated heterocycles. The van der Waals surface area contributed by atoms with E-state index in [2.05, 4.69) is 29.8 Å². The SMILES string of the molecule is CCCCCCCCCCCCCCCCCCC(Br)C(O)(O)CCCC. The molecule has 2 nitrogen and oxygen atoms in total. The fourth-order valence-electron chi connectivity index (χ4n) is 3.70. The van der Waals surface area contributed by atoms with Gasteiger partial charge < -0.3 is 10.2 Å². The Morgan fingerprint density at radius 3 is 1.26 bits per heavy atom. The maximum atomic E-state index is 10.0. The predicted octanol–water partition coefficient (Wildman–Crippen LogP) is 8.27. The molecule has 3 heteroatoms. The van der Waals surface area contributed by atoms with Crippen molar-refractivity contribution in [3.63, 3.8) is 0 Å². The van der Waals surface area contributed by atoms with Crippen LogP contribution in [0.25, 0.3) is 0 Å². The topological polar surface area (TPSA) is 40.5 Å². The van der Waals surface area contributed by atoms with Crippen molar-refractivity contribution >= 4 is 15.9 Å². The second-order valence-electron chi connectivity index (χ2n) is 8.54. The molecule has 0 aromatic rings. The molecule has 0 aliphatic carbocycles. The zero-order valence-electron chi connectivity index (χ0n) is 18.5. The van der Waals surface area contributed by atoms with E-state index >= 15 is 0 Å². The first kappa shape index (κ1) is 27.4. The molecule has 1 atom stereocenters. The van der Waals surface area contributed by atoms with Crippen molar-refractivity contribution in [1.29, 1.82) is 0 Å². The third kappa shape index (κ3) is 18.2. The molecule has 0 radical (unpaired) electrons. The highest BCUT2D eigenvalue weighted by atomic mass is 79.9. The molecule has 2 N–H and O–H groups in total. The van der Waals surface area contributed by atoms with E-state index in [1.54, 1.807) is 0 Å². The molecular weight excluding hydrogens is 400 g/mol. The quantitative estimate of drug-likeness (QED) is 0.105. The monoisotopic (exact) mass is 448 g/mol. The van der Waals surface area contributed by atoms with Gasteiger partial charge in [0, 0.05) is 6.42 Å². The third-order valence-electron chi connectivity index (χ3n) is 5.71. The highest BCUT2D eigenvalue weighted by Gasteiger charge is 2.30. The fraction of sp³-hybridized carbons (Fsp3) is 1.00. The Kier molecular flexibility index (Phi) is 20.0. The molecule has 0 aliphatic rings.